The van der Waals surface area contributed by atoms with E-state index in [0.717, 1.165) is 12.1 Å². The molecule has 4 nitrogen and oxygen atoms in total. The van der Waals surface area contributed by atoms with Crippen molar-refractivity contribution in [2.75, 3.05) is 6.54 Å². The van der Waals surface area contributed by atoms with Gasteiger partial charge in [-0.25, -0.2) is 0 Å². The highest BCUT2D eigenvalue weighted by Gasteiger charge is 2.16. The molecule has 0 spiro atoms. The molecule has 0 aliphatic heterocycles. The first-order valence-corrected chi connectivity index (χ1v) is 8.35. The van der Waals surface area contributed by atoms with Gasteiger partial charge in [0.1, 0.15) is 11.5 Å². The predicted molar refractivity (Wildman–Crippen MR) is 87.0 cm³/mol. The second-order valence-electron chi connectivity index (χ2n) is 6.49. The number of aromatic hydroxyl groups is 2. The summed E-state index contributed by atoms with van der Waals surface area (Å²) in [6.45, 7) is 2.79. The van der Waals surface area contributed by atoms with Crippen LogP contribution in [0.3, 0.4) is 0 Å². The molecule has 0 radical (unpaired) electrons. The van der Waals surface area contributed by atoms with Crippen LogP contribution in [0, 0.1) is 5.92 Å². The number of hydrogen-bond acceptors (Lipinski definition) is 3. The third-order valence-corrected chi connectivity index (χ3v) is 4.66. The highest BCUT2D eigenvalue weighted by Crippen LogP contribution is 2.31. The van der Waals surface area contributed by atoms with Crippen LogP contribution < -0.4 is 5.32 Å². The van der Waals surface area contributed by atoms with Crippen LogP contribution in [0.1, 0.15) is 63.4 Å². The zero-order valence-electron chi connectivity index (χ0n) is 13.3. The van der Waals surface area contributed by atoms with Crippen molar-refractivity contribution in [1.82, 2.24) is 5.32 Å². The maximum Gasteiger partial charge on any atom is 0.220 e. The fourth-order valence-corrected chi connectivity index (χ4v) is 3.19. The summed E-state index contributed by atoms with van der Waals surface area (Å²) in [6, 6.07) is 4.62. The van der Waals surface area contributed by atoms with E-state index in [2.05, 4.69) is 5.32 Å². The second kappa shape index (κ2) is 8.06. The van der Waals surface area contributed by atoms with Crippen molar-refractivity contribution in [3.8, 4) is 11.5 Å². The fourth-order valence-electron chi connectivity index (χ4n) is 3.19. The van der Waals surface area contributed by atoms with Crippen LogP contribution in [0.2, 0.25) is 0 Å². The molecule has 1 amide bonds. The molecule has 122 valence electrons. The monoisotopic (exact) mass is 305 g/mol. The lowest BCUT2D eigenvalue weighted by atomic mass is 9.89. The van der Waals surface area contributed by atoms with E-state index in [1.54, 1.807) is 12.1 Å². The minimum atomic E-state index is 0.0543. The van der Waals surface area contributed by atoms with Gasteiger partial charge in [0, 0.05) is 19.0 Å². The SMILES string of the molecule is CC(CCC(=O)NCC1CCCCC1)c1ccc(O)cc1O. The summed E-state index contributed by atoms with van der Waals surface area (Å²) in [4.78, 5) is 11.9. The number of hydrogen-bond donors (Lipinski definition) is 3. The summed E-state index contributed by atoms with van der Waals surface area (Å²) < 4.78 is 0. The first-order chi connectivity index (χ1) is 10.6. The normalized spacial score (nSPS) is 17.1. The van der Waals surface area contributed by atoms with Crippen LogP contribution in [0.4, 0.5) is 0 Å². The zero-order valence-corrected chi connectivity index (χ0v) is 13.3. The van der Waals surface area contributed by atoms with Crippen LogP contribution in [0.25, 0.3) is 0 Å². The lowest BCUT2D eigenvalue weighted by Gasteiger charge is -2.22. The maximum atomic E-state index is 11.9. The standard InChI is InChI=1S/C18H27NO3/c1-13(16-9-8-15(20)11-17(16)21)7-10-18(22)19-12-14-5-3-2-4-6-14/h8-9,11,13-14,20-21H,2-7,10,12H2,1H3,(H,19,22). The summed E-state index contributed by atoms with van der Waals surface area (Å²) in [6.07, 6.45) is 7.53. The minimum absolute atomic E-state index is 0.0543. The number of benzene rings is 1. The molecule has 4 heteroatoms. The first-order valence-electron chi connectivity index (χ1n) is 8.35. The molecule has 1 atom stereocenters. The van der Waals surface area contributed by atoms with E-state index in [1.165, 1.54) is 38.2 Å². The maximum absolute atomic E-state index is 11.9. The topological polar surface area (TPSA) is 69.6 Å². The minimum Gasteiger partial charge on any atom is -0.508 e. The third-order valence-electron chi connectivity index (χ3n) is 4.66. The smallest absolute Gasteiger partial charge is 0.220 e. The van der Waals surface area contributed by atoms with E-state index in [9.17, 15) is 15.0 Å². The summed E-state index contributed by atoms with van der Waals surface area (Å²) in [7, 11) is 0. The highest BCUT2D eigenvalue weighted by atomic mass is 16.3. The summed E-state index contributed by atoms with van der Waals surface area (Å²) in [5.74, 6) is 0.974. The Balaban J connectivity index is 1.73. The Morgan fingerprint density at radius 1 is 1.27 bits per heavy atom. The van der Waals surface area contributed by atoms with Crippen molar-refractivity contribution < 1.29 is 15.0 Å². The number of amides is 1. The first kappa shape index (κ1) is 16.7. The van der Waals surface area contributed by atoms with Gasteiger partial charge in [0.05, 0.1) is 0 Å². The molecule has 1 aromatic carbocycles. The Bertz CT molecular complexity index is 495. The van der Waals surface area contributed by atoms with Gasteiger partial charge in [-0.15, -0.1) is 0 Å². The molecule has 1 fully saturated rings. The quantitative estimate of drug-likeness (QED) is 0.751. The van der Waals surface area contributed by atoms with E-state index >= 15 is 0 Å². The van der Waals surface area contributed by atoms with Crippen molar-refractivity contribution >= 4 is 5.91 Å². The highest BCUT2D eigenvalue weighted by molar-refractivity contribution is 5.75. The summed E-state index contributed by atoms with van der Waals surface area (Å²) >= 11 is 0. The Morgan fingerprint density at radius 2 is 2.00 bits per heavy atom. The van der Waals surface area contributed by atoms with E-state index in [-0.39, 0.29) is 23.3 Å². The predicted octanol–water partition coefficient (Wildman–Crippen LogP) is 3.68. The van der Waals surface area contributed by atoms with E-state index in [0.29, 0.717) is 18.8 Å². The van der Waals surface area contributed by atoms with E-state index < -0.39 is 0 Å². The zero-order chi connectivity index (χ0) is 15.9. The third kappa shape index (κ3) is 4.93. The molecule has 22 heavy (non-hydrogen) atoms. The Labute approximate surface area is 132 Å². The molecule has 0 aromatic heterocycles. The average Bonchev–Trinajstić information content (AvgIpc) is 2.51. The number of phenolic OH excluding ortho intramolecular Hbond substituents is 2. The van der Waals surface area contributed by atoms with Gasteiger partial charge < -0.3 is 15.5 Å². The molecule has 0 heterocycles. The molecular weight excluding hydrogens is 278 g/mol. The van der Waals surface area contributed by atoms with Crippen LogP contribution in [-0.2, 0) is 4.79 Å². The van der Waals surface area contributed by atoms with Crippen molar-refractivity contribution in [1.29, 1.82) is 0 Å². The molecule has 1 aliphatic rings. The Kier molecular flexibility index (Phi) is 6.10. The van der Waals surface area contributed by atoms with Gasteiger partial charge in [0.2, 0.25) is 5.91 Å². The molecule has 1 unspecified atom stereocenters. The van der Waals surface area contributed by atoms with Crippen molar-refractivity contribution in [3.05, 3.63) is 23.8 Å². The largest absolute Gasteiger partial charge is 0.508 e. The molecule has 1 saturated carbocycles. The summed E-state index contributed by atoms with van der Waals surface area (Å²) in [5, 5.41) is 22.2. The van der Waals surface area contributed by atoms with Crippen LogP contribution >= 0.6 is 0 Å². The molecule has 2 rings (SSSR count). The molecule has 0 saturated heterocycles. The molecule has 3 N–H and O–H groups in total. The van der Waals surface area contributed by atoms with Crippen LogP contribution in [0.15, 0.2) is 18.2 Å². The molecule has 1 aliphatic carbocycles. The number of nitrogens with one attached hydrogen (secondary N) is 1. The number of carbonyl (C=O) groups excluding carboxylic acids is 1. The molecule has 0 bridgehead atoms. The van der Waals surface area contributed by atoms with Crippen molar-refractivity contribution in [3.63, 3.8) is 0 Å². The van der Waals surface area contributed by atoms with Crippen molar-refractivity contribution in [2.24, 2.45) is 5.92 Å². The van der Waals surface area contributed by atoms with Gasteiger partial charge in [-0.1, -0.05) is 32.3 Å². The van der Waals surface area contributed by atoms with Gasteiger partial charge in [-0.2, -0.15) is 0 Å². The van der Waals surface area contributed by atoms with Gasteiger partial charge in [0.25, 0.3) is 0 Å². The molecule has 1 aromatic rings. The van der Waals surface area contributed by atoms with Crippen LogP contribution in [-0.4, -0.2) is 22.7 Å². The molecular formula is C18H27NO3. The van der Waals surface area contributed by atoms with Gasteiger partial charge in [0.15, 0.2) is 0 Å². The van der Waals surface area contributed by atoms with Crippen molar-refractivity contribution in [2.45, 2.75) is 57.8 Å². The lowest BCUT2D eigenvalue weighted by molar-refractivity contribution is -0.121. The van der Waals surface area contributed by atoms with Crippen LogP contribution in [0.5, 0.6) is 11.5 Å². The summed E-state index contributed by atoms with van der Waals surface area (Å²) in [5.41, 5.74) is 0.776. The van der Waals surface area contributed by atoms with Gasteiger partial charge in [-0.05, 0) is 42.7 Å². The van der Waals surface area contributed by atoms with Gasteiger partial charge in [-0.3, -0.25) is 4.79 Å². The van der Waals surface area contributed by atoms with Gasteiger partial charge >= 0.3 is 0 Å². The average molecular weight is 305 g/mol. The number of rotatable bonds is 6. The Morgan fingerprint density at radius 3 is 2.68 bits per heavy atom. The number of carbonyl (C=O) groups is 1. The Hall–Kier alpha value is -1.71. The lowest BCUT2D eigenvalue weighted by Crippen LogP contribution is -2.30. The fraction of sp³-hybridized carbons (Fsp3) is 0.611. The number of phenols is 2. The van der Waals surface area contributed by atoms with E-state index in [1.807, 2.05) is 6.92 Å². The van der Waals surface area contributed by atoms with E-state index in [4.69, 9.17) is 0 Å². The second-order valence-corrected chi connectivity index (χ2v) is 6.49.